The molecule has 0 unspecified atom stereocenters. The molecule has 2 rings (SSSR count). The van der Waals surface area contributed by atoms with Crippen LogP contribution in [0.4, 0.5) is 0 Å². The minimum absolute atomic E-state index is 0.00599. The van der Waals surface area contributed by atoms with Crippen LogP contribution >= 0.6 is 0 Å². The summed E-state index contributed by atoms with van der Waals surface area (Å²) >= 11 is 0. The van der Waals surface area contributed by atoms with Gasteiger partial charge in [0.1, 0.15) is 5.76 Å². The third kappa shape index (κ3) is 3.92. The second-order valence-electron chi connectivity index (χ2n) is 6.03. The van der Waals surface area contributed by atoms with Gasteiger partial charge in [0.05, 0.1) is 17.1 Å². The van der Waals surface area contributed by atoms with E-state index in [4.69, 9.17) is 4.52 Å². The van der Waals surface area contributed by atoms with E-state index < -0.39 is 10.0 Å². The summed E-state index contributed by atoms with van der Waals surface area (Å²) in [5.41, 5.74) is 1.64. The maximum atomic E-state index is 12.2. The second-order valence-corrected chi connectivity index (χ2v) is 7.79. The molecule has 0 aliphatic carbocycles. The summed E-state index contributed by atoms with van der Waals surface area (Å²) in [6.07, 6.45) is 0. The first-order valence-electron chi connectivity index (χ1n) is 6.71. The number of sulfonamides is 1. The molecular weight excluding hydrogens is 288 g/mol. The lowest BCUT2D eigenvalue weighted by Gasteiger charge is -2.19. The Balaban J connectivity index is 2.12. The summed E-state index contributed by atoms with van der Waals surface area (Å²) in [5.74, 6) is 0.652. The summed E-state index contributed by atoms with van der Waals surface area (Å²) in [6, 6.07) is 8.63. The standard InChI is InChI=1S/C15H20N2O3S/c1-11-9-13(17-20-11)10-16-21(18,19)14-7-5-12(6-8-14)15(2,3)4/h5-9,16H,10H2,1-4H3. The Morgan fingerprint density at radius 2 is 1.81 bits per heavy atom. The van der Waals surface area contributed by atoms with E-state index >= 15 is 0 Å². The summed E-state index contributed by atoms with van der Waals surface area (Å²) in [5, 5.41) is 3.76. The molecule has 6 heteroatoms. The highest BCUT2D eigenvalue weighted by atomic mass is 32.2. The van der Waals surface area contributed by atoms with Crippen LogP contribution in [-0.2, 0) is 22.0 Å². The fourth-order valence-corrected chi connectivity index (χ4v) is 2.89. The number of aromatic nitrogens is 1. The zero-order valence-corrected chi connectivity index (χ0v) is 13.5. The molecule has 1 aromatic carbocycles. The fraction of sp³-hybridized carbons (Fsp3) is 0.400. The Labute approximate surface area is 125 Å². The highest BCUT2D eigenvalue weighted by Gasteiger charge is 2.17. The van der Waals surface area contributed by atoms with Gasteiger partial charge in [-0.15, -0.1) is 0 Å². The summed E-state index contributed by atoms with van der Waals surface area (Å²) in [4.78, 5) is 0.246. The van der Waals surface area contributed by atoms with Crippen LogP contribution in [0.3, 0.4) is 0 Å². The van der Waals surface area contributed by atoms with Crippen LogP contribution in [0, 0.1) is 6.92 Å². The number of hydrogen-bond donors (Lipinski definition) is 1. The molecule has 0 amide bonds. The molecule has 0 aliphatic rings. The molecule has 2 aromatic rings. The third-order valence-corrected chi connectivity index (χ3v) is 4.57. The quantitative estimate of drug-likeness (QED) is 0.942. The highest BCUT2D eigenvalue weighted by Crippen LogP contribution is 2.23. The van der Waals surface area contributed by atoms with Gasteiger partial charge in [-0.05, 0) is 30.0 Å². The Morgan fingerprint density at radius 3 is 2.29 bits per heavy atom. The fourth-order valence-electron chi connectivity index (χ4n) is 1.89. The van der Waals surface area contributed by atoms with Gasteiger partial charge in [0.2, 0.25) is 10.0 Å². The van der Waals surface area contributed by atoms with Crippen LogP contribution in [0.1, 0.15) is 37.8 Å². The first kappa shape index (κ1) is 15.7. The van der Waals surface area contributed by atoms with Gasteiger partial charge in [-0.1, -0.05) is 38.1 Å². The lowest BCUT2D eigenvalue weighted by molar-refractivity contribution is 0.390. The van der Waals surface area contributed by atoms with E-state index in [0.29, 0.717) is 11.5 Å². The lowest BCUT2D eigenvalue weighted by Crippen LogP contribution is -2.23. The predicted octanol–water partition coefficient (Wildman–Crippen LogP) is 2.76. The van der Waals surface area contributed by atoms with Crippen LogP contribution in [0.25, 0.3) is 0 Å². The van der Waals surface area contributed by atoms with Crippen molar-refractivity contribution in [2.24, 2.45) is 0 Å². The summed E-state index contributed by atoms with van der Waals surface area (Å²) in [6.45, 7) is 8.13. The van der Waals surface area contributed by atoms with Crippen molar-refractivity contribution in [1.29, 1.82) is 0 Å². The maximum Gasteiger partial charge on any atom is 0.240 e. The van der Waals surface area contributed by atoms with Crippen LogP contribution < -0.4 is 4.72 Å². The predicted molar refractivity (Wildman–Crippen MR) is 80.4 cm³/mol. The minimum atomic E-state index is -3.54. The van der Waals surface area contributed by atoms with E-state index in [1.54, 1.807) is 25.1 Å². The monoisotopic (exact) mass is 308 g/mol. The van der Waals surface area contributed by atoms with Gasteiger partial charge in [0, 0.05) is 6.07 Å². The molecule has 0 saturated heterocycles. The number of benzene rings is 1. The van der Waals surface area contributed by atoms with Gasteiger partial charge in [0.25, 0.3) is 0 Å². The zero-order chi connectivity index (χ0) is 15.7. The number of aryl methyl sites for hydroxylation is 1. The van der Waals surface area contributed by atoms with E-state index in [2.05, 4.69) is 30.6 Å². The van der Waals surface area contributed by atoms with Gasteiger partial charge in [-0.25, -0.2) is 13.1 Å². The van der Waals surface area contributed by atoms with Gasteiger partial charge >= 0.3 is 0 Å². The van der Waals surface area contributed by atoms with Crippen molar-refractivity contribution < 1.29 is 12.9 Å². The van der Waals surface area contributed by atoms with Crippen LogP contribution in [-0.4, -0.2) is 13.6 Å². The maximum absolute atomic E-state index is 12.2. The average Bonchev–Trinajstić information content (AvgIpc) is 2.82. The Kier molecular flexibility index (Phi) is 4.20. The SMILES string of the molecule is Cc1cc(CNS(=O)(=O)c2ccc(C(C)(C)C)cc2)no1. The topological polar surface area (TPSA) is 72.2 Å². The molecule has 21 heavy (non-hydrogen) atoms. The Hall–Kier alpha value is -1.66. The molecule has 5 nitrogen and oxygen atoms in total. The molecule has 1 N–H and O–H groups in total. The summed E-state index contributed by atoms with van der Waals surface area (Å²) < 4.78 is 31.8. The molecule has 0 saturated carbocycles. The molecule has 0 radical (unpaired) electrons. The molecule has 0 aliphatic heterocycles. The second kappa shape index (κ2) is 5.61. The molecule has 0 atom stereocenters. The molecule has 1 aromatic heterocycles. The smallest absolute Gasteiger partial charge is 0.240 e. The van der Waals surface area contributed by atoms with E-state index in [0.717, 1.165) is 5.56 Å². The van der Waals surface area contributed by atoms with Crippen LogP contribution in [0.5, 0.6) is 0 Å². The zero-order valence-electron chi connectivity index (χ0n) is 12.7. The van der Waals surface area contributed by atoms with Crippen molar-refractivity contribution in [2.75, 3.05) is 0 Å². The molecule has 0 fully saturated rings. The Bertz CT molecular complexity index is 710. The van der Waals surface area contributed by atoms with Gasteiger partial charge in [-0.3, -0.25) is 0 Å². The first-order valence-corrected chi connectivity index (χ1v) is 8.19. The van der Waals surface area contributed by atoms with Crippen molar-refractivity contribution in [2.45, 2.75) is 44.6 Å². The van der Waals surface area contributed by atoms with Gasteiger partial charge < -0.3 is 4.52 Å². The molecular formula is C15H20N2O3S. The molecule has 0 spiro atoms. The average molecular weight is 308 g/mol. The third-order valence-electron chi connectivity index (χ3n) is 3.15. The van der Waals surface area contributed by atoms with E-state index in [9.17, 15) is 8.42 Å². The lowest BCUT2D eigenvalue weighted by atomic mass is 9.87. The number of nitrogens with zero attached hydrogens (tertiary/aromatic N) is 1. The van der Waals surface area contributed by atoms with Gasteiger partial charge in [-0.2, -0.15) is 0 Å². The number of nitrogens with one attached hydrogen (secondary N) is 1. The van der Waals surface area contributed by atoms with E-state index in [1.165, 1.54) is 0 Å². The first-order chi connectivity index (χ1) is 9.68. The largest absolute Gasteiger partial charge is 0.361 e. The van der Waals surface area contributed by atoms with E-state index in [-0.39, 0.29) is 16.9 Å². The van der Waals surface area contributed by atoms with Crippen molar-refractivity contribution in [1.82, 2.24) is 9.88 Å². The van der Waals surface area contributed by atoms with Crippen molar-refractivity contribution >= 4 is 10.0 Å². The minimum Gasteiger partial charge on any atom is -0.361 e. The molecule has 114 valence electrons. The van der Waals surface area contributed by atoms with Crippen molar-refractivity contribution in [3.05, 3.63) is 47.3 Å². The van der Waals surface area contributed by atoms with Crippen LogP contribution in [0.15, 0.2) is 39.8 Å². The highest BCUT2D eigenvalue weighted by molar-refractivity contribution is 7.89. The van der Waals surface area contributed by atoms with Gasteiger partial charge in [0.15, 0.2) is 0 Å². The molecule has 1 heterocycles. The van der Waals surface area contributed by atoms with E-state index in [1.807, 2.05) is 12.1 Å². The number of hydrogen-bond acceptors (Lipinski definition) is 4. The number of rotatable bonds is 4. The van der Waals surface area contributed by atoms with Crippen LogP contribution in [0.2, 0.25) is 0 Å². The van der Waals surface area contributed by atoms with Crippen molar-refractivity contribution in [3.8, 4) is 0 Å². The summed E-state index contributed by atoms with van der Waals surface area (Å²) in [7, 11) is -3.54. The normalized spacial score (nSPS) is 12.6. The molecule has 0 bridgehead atoms. The van der Waals surface area contributed by atoms with Crippen molar-refractivity contribution in [3.63, 3.8) is 0 Å². The Morgan fingerprint density at radius 1 is 1.19 bits per heavy atom.